The van der Waals surface area contributed by atoms with Crippen molar-refractivity contribution in [2.45, 2.75) is 6.92 Å². The van der Waals surface area contributed by atoms with Crippen LogP contribution in [0.15, 0.2) is 16.0 Å². The highest BCUT2D eigenvalue weighted by Crippen LogP contribution is 2.21. The lowest BCUT2D eigenvalue weighted by Crippen LogP contribution is -2.00. The molecule has 0 aliphatic rings. The first-order valence-electron chi connectivity index (χ1n) is 4.66. The molecular formula is C10H9N3O3S. The lowest BCUT2D eigenvalue weighted by molar-refractivity contribution is -0.130. The van der Waals surface area contributed by atoms with Gasteiger partial charge in [0.15, 0.2) is 5.13 Å². The third-order valence-corrected chi connectivity index (χ3v) is 2.64. The molecule has 2 rings (SSSR count). The third kappa shape index (κ3) is 2.51. The largest absolute Gasteiger partial charge is 0.478 e. The lowest BCUT2D eigenvalue weighted by Gasteiger charge is -1.95. The zero-order chi connectivity index (χ0) is 12.4. The van der Waals surface area contributed by atoms with E-state index in [0.717, 1.165) is 0 Å². The van der Waals surface area contributed by atoms with Crippen LogP contribution in [0.25, 0.3) is 11.6 Å². The standard InChI is InChI=1S/C10H9N3O3S/c1-5-2-6(13-16-5)3-7(9(14)15)8-4-17-10(11)12-8/h2-4H,1H3,(H2,11,12)(H,14,15)/b7-3-. The van der Waals surface area contributed by atoms with Gasteiger partial charge in [-0.15, -0.1) is 11.3 Å². The maximum Gasteiger partial charge on any atom is 0.338 e. The van der Waals surface area contributed by atoms with E-state index in [2.05, 4.69) is 10.1 Å². The normalized spacial score (nSPS) is 11.7. The fourth-order valence-corrected chi connectivity index (χ4v) is 1.82. The van der Waals surface area contributed by atoms with Crippen LogP contribution in [0.5, 0.6) is 0 Å². The number of nitrogen functional groups attached to an aromatic ring is 1. The number of thiazole rings is 1. The van der Waals surface area contributed by atoms with E-state index in [4.69, 9.17) is 15.4 Å². The molecule has 6 nitrogen and oxygen atoms in total. The summed E-state index contributed by atoms with van der Waals surface area (Å²) in [5.74, 6) is -0.477. The second-order valence-electron chi connectivity index (χ2n) is 3.30. The molecule has 0 amide bonds. The van der Waals surface area contributed by atoms with Crippen LogP contribution in [0.4, 0.5) is 5.13 Å². The minimum absolute atomic E-state index is 0.0336. The quantitative estimate of drug-likeness (QED) is 0.804. The number of rotatable bonds is 3. The summed E-state index contributed by atoms with van der Waals surface area (Å²) >= 11 is 1.18. The number of carboxylic acids is 1. The van der Waals surface area contributed by atoms with Crippen molar-refractivity contribution in [3.05, 3.63) is 28.6 Å². The zero-order valence-corrected chi connectivity index (χ0v) is 9.69. The molecule has 2 heterocycles. The Balaban J connectivity index is 2.42. The van der Waals surface area contributed by atoms with E-state index in [1.165, 1.54) is 17.4 Å². The van der Waals surface area contributed by atoms with Crippen molar-refractivity contribution in [1.29, 1.82) is 0 Å². The number of hydrogen-bond acceptors (Lipinski definition) is 6. The smallest absolute Gasteiger partial charge is 0.338 e. The van der Waals surface area contributed by atoms with Crippen molar-refractivity contribution in [1.82, 2.24) is 10.1 Å². The number of carbonyl (C=O) groups is 1. The summed E-state index contributed by atoms with van der Waals surface area (Å²) in [6, 6.07) is 1.64. The van der Waals surface area contributed by atoms with Crippen LogP contribution in [-0.2, 0) is 4.79 Å². The molecule has 0 aromatic carbocycles. The molecular weight excluding hydrogens is 242 g/mol. The molecule has 0 atom stereocenters. The number of aryl methyl sites for hydroxylation is 1. The Kier molecular flexibility index (Phi) is 2.92. The first-order valence-corrected chi connectivity index (χ1v) is 5.54. The molecule has 0 unspecified atom stereocenters. The molecule has 7 heteroatoms. The molecule has 0 radical (unpaired) electrons. The summed E-state index contributed by atoms with van der Waals surface area (Å²) in [5, 5.41) is 14.7. The average Bonchev–Trinajstić information content (AvgIpc) is 2.83. The Morgan fingerprint density at radius 3 is 2.88 bits per heavy atom. The van der Waals surface area contributed by atoms with Gasteiger partial charge in [0, 0.05) is 11.4 Å². The number of carboxylic acid groups (broad SMARTS) is 1. The molecule has 0 saturated carbocycles. The number of aliphatic carboxylic acids is 1. The molecule has 17 heavy (non-hydrogen) atoms. The predicted molar refractivity (Wildman–Crippen MR) is 63.3 cm³/mol. The topological polar surface area (TPSA) is 102 Å². The van der Waals surface area contributed by atoms with E-state index in [-0.39, 0.29) is 5.57 Å². The Bertz CT molecular complexity index is 585. The van der Waals surface area contributed by atoms with Crippen molar-refractivity contribution >= 4 is 34.1 Å². The van der Waals surface area contributed by atoms with E-state index in [0.29, 0.717) is 22.3 Å². The van der Waals surface area contributed by atoms with E-state index in [1.54, 1.807) is 18.4 Å². The number of nitrogens with two attached hydrogens (primary N) is 1. The molecule has 0 fully saturated rings. The lowest BCUT2D eigenvalue weighted by atomic mass is 10.1. The second-order valence-corrected chi connectivity index (χ2v) is 4.19. The fraction of sp³-hybridized carbons (Fsp3) is 0.100. The highest BCUT2D eigenvalue weighted by molar-refractivity contribution is 7.13. The van der Waals surface area contributed by atoms with E-state index in [9.17, 15) is 4.79 Å². The summed E-state index contributed by atoms with van der Waals surface area (Å²) in [7, 11) is 0. The van der Waals surface area contributed by atoms with Gasteiger partial charge in [0.1, 0.15) is 11.5 Å². The summed E-state index contributed by atoms with van der Waals surface area (Å²) in [4.78, 5) is 15.0. The summed E-state index contributed by atoms with van der Waals surface area (Å²) in [6.07, 6.45) is 1.40. The van der Waals surface area contributed by atoms with Gasteiger partial charge in [-0.25, -0.2) is 9.78 Å². The first kappa shape index (κ1) is 11.3. The zero-order valence-electron chi connectivity index (χ0n) is 8.88. The fourth-order valence-electron chi connectivity index (χ4n) is 1.26. The van der Waals surface area contributed by atoms with Gasteiger partial charge in [-0.1, -0.05) is 5.16 Å². The van der Waals surface area contributed by atoms with Crippen molar-refractivity contribution in [2.24, 2.45) is 0 Å². The average molecular weight is 251 g/mol. The van der Waals surface area contributed by atoms with Crippen LogP contribution in [0, 0.1) is 6.92 Å². The number of anilines is 1. The maximum absolute atomic E-state index is 11.1. The van der Waals surface area contributed by atoms with Gasteiger partial charge in [0.2, 0.25) is 0 Å². The van der Waals surface area contributed by atoms with Crippen LogP contribution in [0.2, 0.25) is 0 Å². The SMILES string of the molecule is Cc1cc(/C=C(\C(=O)O)c2csc(N)n2)no1. The van der Waals surface area contributed by atoms with Gasteiger partial charge in [-0.3, -0.25) is 0 Å². The number of nitrogens with zero attached hydrogens (tertiary/aromatic N) is 2. The van der Waals surface area contributed by atoms with Gasteiger partial charge in [-0.2, -0.15) is 0 Å². The van der Waals surface area contributed by atoms with Crippen LogP contribution >= 0.6 is 11.3 Å². The molecule has 0 spiro atoms. The van der Waals surface area contributed by atoms with Gasteiger partial charge in [0.05, 0.1) is 11.3 Å². The molecule has 2 aromatic rings. The molecule has 0 saturated heterocycles. The van der Waals surface area contributed by atoms with Gasteiger partial charge in [-0.05, 0) is 13.0 Å². The Morgan fingerprint density at radius 1 is 1.65 bits per heavy atom. The van der Waals surface area contributed by atoms with E-state index >= 15 is 0 Å². The summed E-state index contributed by atoms with van der Waals surface area (Å²) in [6.45, 7) is 1.73. The van der Waals surface area contributed by atoms with Crippen LogP contribution in [-0.4, -0.2) is 21.2 Å². The molecule has 0 aliphatic heterocycles. The maximum atomic E-state index is 11.1. The van der Waals surface area contributed by atoms with Crippen molar-refractivity contribution < 1.29 is 14.4 Å². The summed E-state index contributed by atoms with van der Waals surface area (Å²) < 4.78 is 4.86. The molecule has 0 bridgehead atoms. The van der Waals surface area contributed by atoms with Crippen molar-refractivity contribution in [3.8, 4) is 0 Å². The van der Waals surface area contributed by atoms with E-state index < -0.39 is 5.97 Å². The minimum atomic E-state index is -1.09. The number of aromatic nitrogens is 2. The Morgan fingerprint density at radius 2 is 2.41 bits per heavy atom. The Hall–Kier alpha value is -2.15. The van der Waals surface area contributed by atoms with Gasteiger partial charge in [0.25, 0.3) is 0 Å². The highest BCUT2D eigenvalue weighted by atomic mass is 32.1. The van der Waals surface area contributed by atoms with Crippen LogP contribution in [0.1, 0.15) is 17.1 Å². The van der Waals surface area contributed by atoms with Crippen molar-refractivity contribution in [3.63, 3.8) is 0 Å². The molecule has 3 N–H and O–H groups in total. The highest BCUT2D eigenvalue weighted by Gasteiger charge is 2.14. The molecule has 2 aromatic heterocycles. The summed E-state index contributed by atoms with van der Waals surface area (Å²) in [5.41, 5.74) is 6.26. The third-order valence-electron chi connectivity index (χ3n) is 1.97. The Labute approximate surface area is 100 Å². The van der Waals surface area contributed by atoms with Gasteiger partial charge < -0.3 is 15.4 Å². The minimum Gasteiger partial charge on any atom is -0.478 e. The van der Waals surface area contributed by atoms with Crippen LogP contribution < -0.4 is 5.73 Å². The first-order chi connectivity index (χ1) is 8.06. The predicted octanol–water partition coefficient (Wildman–Crippen LogP) is 1.65. The van der Waals surface area contributed by atoms with E-state index in [1.807, 2.05) is 0 Å². The van der Waals surface area contributed by atoms with Crippen LogP contribution in [0.3, 0.4) is 0 Å². The molecule has 0 aliphatic carbocycles. The monoisotopic (exact) mass is 251 g/mol. The van der Waals surface area contributed by atoms with Crippen molar-refractivity contribution in [2.75, 3.05) is 5.73 Å². The van der Waals surface area contributed by atoms with Gasteiger partial charge >= 0.3 is 5.97 Å². The second kappa shape index (κ2) is 4.38. The molecule has 88 valence electrons. The number of hydrogen-bond donors (Lipinski definition) is 2.